The monoisotopic (exact) mass is 1350 g/mol. The van der Waals surface area contributed by atoms with Crippen molar-refractivity contribution in [3.63, 3.8) is 0 Å². The van der Waals surface area contributed by atoms with Crippen molar-refractivity contribution in [2.24, 2.45) is 11.7 Å². The molecule has 0 bridgehead atoms. The summed E-state index contributed by atoms with van der Waals surface area (Å²) < 4.78 is 33.2. The number of halogens is 1. The maximum Gasteiger partial charge on any atom is 0.415 e. The maximum atomic E-state index is 14.5. The van der Waals surface area contributed by atoms with Crippen LogP contribution in [-0.2, 0) is 54.3 Å². The van der Waals surface area contributed by atoms with Crippen LogP contribution in [0.3, 0.4) is 0 Å². The molecular formula is C66H79ClN12O17. The van der Waals surface area contributed by atoms with Gasteiger partial charge in [0.25, 0.3) is 23.6 Å². The third kappa shape index (κ3) is 19.5. The number of primary amides is 1. The number of H-pyrrole nitrogens is 1. The van der Waals surface area contributed by atoms with Gasteiger partial charge in [0.2, 0.25) is 11.8 Å². The molecular weight excluding hydrogens is 1270 g/mol. The van der Waals surface area contributed by atoms with Crippen LogP contribution >= 0.6 is 11.6 Å². The molecule has 0 fully saturated rings. The number of imide groups is 1. The number of allylic oxidation sites excluding steroid dienone is 3. The number of likely N-dealkylation sites (N-methyl/N-ethyl adjacent to an activating group) is 2. The molecule has 0 saturated carbocycles. The van der Waals surface area contributed by atoms with Crippen molar-refractivity contribution in [3.05, 3.63) is 125 Å². The number of hydrogen-bond donors (Lipinski definition) is 8. The molecule has 30 heteroatoms. The SMILES string of the molecule is Cc1cccc2c(OC(=O)N(C)CCN(C)C(=O)OCc3ccc(NC(=O)[C@H](CCCNC(N)=O)NC(=O)[C@@H](NC(=O)OCCOCCOCCOCCN4C(=O)C=CC4=O)C(C)C)cc3)cc3c(c12)[C@H](CCl)CN3C(=O)c1cc2cc(NC(=O)C3=CC=C(O)CC3)cnc2[nH]1. The minimum absolute atomic E-state index is 0.0298. The van der Waals surface area contributed by atoms with Crippen LogP contribution < -0.4 is 42.0 Å². The number of aryl methyl sites for hydroxylation is 1. The first-order valence-electron chi connectivity index (χ1n) is 31.2. The van der Waals surface area contributed by atoms with Gasteiger partial charge in [0, 0.05) is 98.7 Å². The Bertz CT molecular complexity index is 3780. The van der Waals surface area contributed by atoms with Crippen LogP contribution in [0.2, 0.25) is 0 Å². The smallest absolute Gasteiger partial charge is 0.415 e. The molecule has 3 aliphatic rings. The number of benzene rings is 3. The van der Waals surface area contributed by atoms with E-state index in [-0.39, 0.29) is 151 Å². The number of fused-ring (bicyclic) bond motifs is 4. The predicted molar refractivity (Wildman–Crippen MR) is 353 cm³/mol. The Balaban J connectivity index is 0.785. The van der Waals surface area contributed by atoms with Gasteiger partial charge in [0.15, 0.2) is 0 Å². The zero-order valence-electron chi connectivity index (χ0n) is 53.9. The number of pyridine rings is 1. The van der Waals surface area contributed by atoms with Crippen LogP contribution in [0.5, 0.6) is 5.75 Å². The second-order valence-corrected chi connectivity index (χ2v) is 23.5. The number of alkyl halides is 1. The summed E-state index contributed by atoms with van der Waals surface area (Å²) in [6.45, 7) is 6.68. The number of nitrogens with one attached hydrogen (secondary N) is 6. The number of aromatic amines is 1. The van der Waals surface area contributed by atoms with E-state index >= 15 is 0 Å². The molecule has 4 heterocycles. The number of aromatic nitrogens is 2. The van der Waals surface area contributed by atoms with E-state index in [9.17, 15) is 53.1 Å². The number of carbonyl (C=O) groups excluding carboxylic acids is 10. The lowest BCUT2D eigenvalue weighted by Gasteiger charge is -2.25. The van der Waals surface area contributed by atoms with E-state index in [4.69, 9.17) is 45.8 Å². The fourth-order valence-electron chi connectivity index (χ4n) is 10.6. The summed E-state index contributed by atoms with van der Waals surface area (Å²) in [5.74, 6) is -2.86. The highest BCUT2D eigenvalue weighted by molar-refractivity contribution is 6.19. The number of aliphatic hydroxyl groups is 1. The van der Waals surface area contributed by atoms with Crippen LogP contribution in [0.25, 0.3) is 21.8 Å². The Hall–Kier alpha value is -10.1. The molecule has 8 rings (SSSR count). The Morgan fingerprint density at radius 3 is 2.16 bits per heavy atom. The first kappa shape index (κ1) is 71.7. The number of nitrogens with two attached hydrogens (primary N) is 1. The average Bonchev–Trinajstić information content (AvgIpc) is 1.69. The van der Waals surface area contributed by atoms with E-state index in [1.54, 1.807) is 67.3 Å². The van der Waals surface area contributed by atoms with E-state index < -0.39 is 54.1 Å². The molecule has 9 N–H and O–H groups in total. The summed E-state index contributed by atoms with van der Waals surface area (Å²) in [4.78, 5) is 142. The van der Waals surface area contributed by atoms with E-state index in [0.717, 1.165) is 21.4 Å². The first-order chi connectivity index (χ1) is 46.1. The fraction of sp³-hybridized carbons (Fsp3) is 0.409. The summed E-state index contributed by atoms with van der Waals surface area (Å²) in [5, 5.41) is 25.0. The normalized spacial score (nSPS) is 14.8. The zero-order valence-corrected chi connectivity index (χ0v) is 54.6. The van der Waals surface area contributed by atoms with E-state index in [2.05, 4.69) is 36.6 Å². The van der Waals surface area contributed by atoms with Gasteiger partial charge in [-0.3, -0.25) is 33.7 Å². The molecule has 2 aliphatic heterocycles. The molecule has 5 aromatic rings. The van der Waals surface area contributed by atoms with E-state index in [1.165, 1.54) is 48.3 Å². The van der Waals surface area contributed by atoms with Gasteiger partial charge in [-0.15, -0.1) is 11.6 Å². The van der Waals surface area contributed by atoms with Gasteiger partial charge in [-0.05, 0) is 84.5 Å². The Morgan fingerprint density at radius 2 is 1.49 bits per heavy atom. The van der Waals surface area contributed by atoms with E-state index in [0.29, 0.717) is 57.5 Å². The molecule has 3 aromatic carbocycles. The molecule has 1 aliphatic carbocycles. The van der Waals surface area contributed by atoms with E-state index in [1.807, 2.05) is 25.1 Å². The standard InChI is InChI=1S/C66H79ClN12O17/c1-39(2)57(75-64(88)94-31-30-93-29-28-92-27-26-91-25-24-78-53(81)19-20-54(78)82)61(85)74-49(10-7-21-69-63(68)87)60(84)71-45-15-11-41(12-16-45)38-95-65(89)76(4)22-23-77(5)66(90)96-52-34-51-56(55-40(3)8-6-9-48(52)55)44(35-67)37-79(51)62(86)50-33-43-32-46(36-70-58(43)73-50)72-59(83)42-13-17-47(80)18-14-42/h6,8-9,11-13,15-17,19-20,32-34,36,39,44,49,57,80H,7,10,14,18,21-31,35,37-38H2,1-5H3,(H,70,73)(H,71,84)(H,72,83)(H,74,85)(H,75,88)(H3,68,69,87)/t44-,49+,57+/m1/s1. The average molecular weight is 1350 g/mol. The van der Waals surface area contributed by atoms with Gasteiger partial charge in [-0.25, -0.2) is 24.2 Å². The quantitative estimate of drug-likeness (QED) is 0.0131. The largest absolute Gasteiger partial charge is 0.512 e. The second-order valence-electron chi connectivity index (χ2n) is 23.2. The van der Waals surface area contributed by atoms with Crippen LogP contribution in [0, 0.1) is 12.8 Å². The van der Waals surface area contributed by atoms with Crippen molar-refractivity contribution >= 4 is 110 Å². The van der Waals surface area contributed by atoms with Gasteiger partial charge in [-0.2, -0.15) is 0 Å². The summed E-state index contributed by atoms with van der Waals surface area (Å²) in [6.07, 6.45) is 5.70. The van der Waals surface area contributed by atoms with Crippen molar-refractivity contribution in [2.45, 2.75) is 71.1 Å². The third-order valence-corrected chi connectivity index (χ3v) is 16.2. The lowest BCUT2D eigenvalue weighted by atomic mass is 9.92. The van der Waals surface area contributed by atoms with Gasteiger partial charge in [0.1, 0.15) is 42.4 Å². The molecule has 0 spiro atoms. The fourth-order valence-corrected chi connectivity index (χ4v) is 10.8. The highest BCUT2D eigenvalue weighted by Gasteiger charge is 2.37. The molecule has 512 valence electrons. The van der Waals surface area contributed by atoms with Crippen molar-refractivity contribution in [3.8, 4) is 5.75 Å². The number of nitrogens with zero attached hydrogens (tertiary/aromatic N) is 5. The number of urea groups is 1. The number of anilines is 3. The van der Waals surface area contributed by atoms with Gasteiger partial charge in [-0.1, -0.05) is 50.3 Å². The second kappa shape index (κ2) is 34.4. The minimum Gasteiger partial charge on any atom is -0.512 e. The van der Waals surface area contributed by atoms with Crippen LogP contribution in [-0.4, -0.2) is 201 Å². The molecule has 11 amide bonds. The predicted octanol–water partition coefficient (Wildman–Crippen LogP) is 6.40. The molecule has 3 atom stereocenters. The third-order valence-electron chi connectivity index (χ3n) is 15.8. The lowest BCUT2D eigenvalue weighted by molar-refractivity contribution is -0.137. The van der Waals surface area contributed by atoms with Crippen molar-refractivity contribution in [1.29, 1.82) is 0 Å². The van der Waals surface area contributed by atoms with Crippen LogP contribution in [0.15, 0.2) is 102 Å². The summed E-state index contributed by atoms with van der Waals surface area (Å²) in [7, 11) is 3.03. The number of ether oxygens (including phenoxy) is 6. The summed E-state index contributed by atoms with van der Waals surface area (Å²) in [5.41, 5.74) is 9.93. The Labute approximate surface area is 557 Å². The molecule has 0 unspecified atom stereocenters. The molecule has 0 saturated heterocycles. The lowest BCUT2D eigenvalue weighted by Crippen LogP contribution is -2.54. The minimum atomic E-state index is -1.14. The highest BCUT2D eigenvalue weighted by atomic mass is 35.5. The van der Waals surface area contributed by atoms with Crippen molar-refractivity contribution < 1.29 is 81.5 Å². The zero-order chi connectivity index (χ0) is 69.0. The van der Waals surface area contributed by atoms with Crippen molar-refractivity contribution in [2.75, 3.05) is 114 Å². The number of amides is 11. The number of rotatable bonds is 32. The van der Waals surface area contributed by atoms with Gasteiger partial charge >= 0.3 is 24.3 Å². The first-order valence-corrected chi connectivity index (χ1v) is 31.7. The molecule has 0 radical (unpaired) electrons. The highest BCUT2D eigenvalue weighted by Crippen LogP contribution is 2.47. The van der Waals surface area contributed by atoms with Crippen LogP contribution in [0.1, 0.15) is 72.6 Å². The number of alkyl carbamates (subject to hydrolysis) is 1. The Morgan fingerprint density at radius 1 is 0.802 bits per heavy atom. The molecule has 2 aromatic heterocycles. The van der Waals surface area contributed by atoms with Crippen molar-refractivity contribution in [1.82, 2.24) is 40.6 Å². The van der Waals surface area contributed by atoms with Gasteiger partial charge in [0.05, 0.1) is 69.5 Å². The van der Waals surface area contributed by atoms with Gasteiger partial charge < -0.3 is 85.5 Å². The maximum absolute atomic E-state index is 14.5. The number of aliphatic hydroxyl groups excluding tert-OH is 1. The summed E-state index contributed by atoms with van der Waals surface area (Å²) >= 11 is 6.62. The topological polar surface area (TPSA) is 374 Å². The number of carbonyl (C=O) groups is 10. The van der Waals surface area contributed by atoms with Crippen LogP contribution in [0.4, 0.5) is 36.2 Å². The molecule has 96 heavy (non-hydrogen) atoms. The summed E-state index contributed by atoms with van der Waals surface area (Å²) in [6, 6.07) is 14.0. The number of hydrogen-bond acceptors (Lipinski definition) is 18. The Kier molecular flexibility index (Phi) is 25.7. The molecule has 29 nitrogen and oxygen atoms in total.